The summed E-state index contributed by atoms with van der Waals surface area (Å²) in [5.41, 5.74) is 3.61. The summed E-state index contributed by atoms with van der Waals surface area (Å²) in [5, 5.41) is 13.6. The number of para-hydroxylation sites is 1. The summed E-state index contributed by atoms with van der Waals surface area (Å²) in [6.07, 6.45) is 2.72. The molecular formula is C30H25N3O4S. The second-order valence-corrected chi connectivity index (χ2v) is 9.77. The Morgan fingerprint density at radius 1 is 1.00 bits per heavy atom. The molecule has 4 aromatic rings. The van der Waals surface area contributed by atoms with Crippen molar-refractivity contribution in [3.05, 3.63) is 117 Å². The summed E-state index contributed by atoms with van der Waals surface area (Å²) in [4.78, 5) is 30.7. The van der Waals surface area contributed by atoms with Crippen molar-refractivity contribution in [3.8, 4) is 5.75 Å². The maximum absolute atomic E-state index is 13.2. The summed E-state index contributed by atoms with van der Waals surface area (Å²) >= 11 is 1.34. The predicted octanol–water partition coefficient (Wildman–Crippen LogP) is 7.12. The highest BCUT2D eigenvalue weighted by Crippen LogP contribution is 2.38. The van der Waals surface area contributed by atoms with Gasteiger partial charge in [-0.2, -0.15) is 0 Å². The van der Waals surface area contributed by atoms with Crippen molar-refractivity contribution in [2.24, 2.45) is 4.99 Å². The Bertz CT molecular complexity index is 1600. The number of benzene rings is 4. The smallest absolute Gasteiger partial charge is 0.269 e. The van der Waals surface area contributed by atoms with Crippen molar-refractivity contribution in [1.82, 2.24) is 4.90 Å². The SMILES string of the molecule is CCc1ccccc1N=C1S/C(=C/c2c(OCc3ccc([N+](=O)[O-])cc3)ccc3ccccc23)C(=O)N1C. The lowest BCUT2D eigenvalue weighted by molar-refractivity contribution is -0.384. The Labute approximate surface area is 224 Å². The molecule has 0 saturated carbocycles. The van der Waals surface area contributed by atoms with Gasteiger partial charge in [-0.05, 0) is 70.4 Å². The first-order valence-corrected chi connectivity index (χ1v) is 13.0. The molecule has 0 bridgehead atoms. The highest BCUT2D eigenvalue weighted by Gasteiger charge is 2.31. The highest BCUT2D eigenvalue weighted by molar-refractivity contribution is 8.18. The maximum atomic E-state index is 13.2. The van der Waals surface area contributed by atoms with Crippen LogP contribution in [0.25, 0.3) is 16.8 Å². The zero-order chi connectivity index (χ0) is 26.6. The van der Waals surface area contributed by atoms with Gasteiger partial charge in [-0.1, -0.05) is 55.5 Å². The first-order chi connectivity index (χ1) is 18.4. The van der Waals surface area contributed by atoms with Crippen molar-refractivity contribution < 1.29 is 14.5 Å². The number of carbonyl (C=O) groups is 1. The Morgan fingerprint density at radius 2 is 1.74 bits per heavy atom. The molecule has 8 heteroatoms. The molecule has 0 unspecified atom stereocenters. The number of hydrogen-bond acceptors (Lipinski definition) is 6. The molecule has 0 spiro atoms. The number of amidine groups is 1. The number of ether oxygens (including phenoxy) is 1. The molecule has 1 heterocycles. The number of fused-ring (bicyclic) bond motifs is 1. The maximum Gasteiger partial charge on any atom is 0.269 e. The third kappa shape index (κ3) is 5.17. The Kier molecular flexibility index (Phi) is 7.24. The summed E-state index contributed by atoms with van der Waals surface area (Å²) in [7, 11) is 1.73. The van der Waals surface area contributed by atoms with Gasteiger partial charge in [0, 0.05) is 24.7 Å². The molecule has 38 heavy (non-hydrogen) atoms. The average Bonchev–Trinajstić information content (AvgIpc) is 3.20. The normalized spacial score (nSPS) is 15.5. The van der Waals surface area contributed by atoms with Crippen LogP contribution >= 0.6 is 11.8 Å². The molecule has 0 radical (unpaired) electrons. The minimum absolute atomic E-state index is 0.0322. The zero-order valence-electron chi connectivity index (χ0n) is 21.0. The van der Waals surface area contributed by atoms with Gasteiger partial charge in [-0.25, -0.2) is 4.99 Å². The van der Waals surface area contributed by atoms with Gasteiger partial charge >= 0.3 is 0 Å². The summed E-state index contributed by atoms with van der Waals surface area (Å²) in [5.74, 6) is 0.490. The Hall–Kier alpha value is -4.43. The fourth-order valence-corrected chi connectivity index (χ4v) is 5.19. The number of nitro benzene ring substituents is 1. The molecule has 0 aliphatic carbocycles. The molecule has 7 nitrogen and oxygen atoms in total. The van der Waals surface area contributed by atoms with Gasteiger partial charge in [0.1, 0.15) is 12.4 Å². The van der Waals surface area contributed by atoms with Crippen LogP contribution in [0.3, 0.4) is 0 Å². The first kappa shape index (κ1) is 25.2. The molecule has 0 aromatic heterocycles. The number of non-ortho nitro benzene ring substituents is 1. The summed E-state index contributed by atoms with van der Waals surface area (Å²) in [6.45, 7) is 2.31. The largest absolute Gasteiger partial charge is 0.488 e. The number of thioether (sulfide) groups is 1. The molecule has 0 atom stereocenters. The molecule has 1 saturated heterocycles. The monoisotopic (exact) mass is 523 g/mol. The Balaban J connectivity index is 1.49. The molecule has 190 valence electrons. The zero-order valence-corrected chi connectivity index (χ0v) is 21.8. The molecule has 4 aromatic carbocycles. The number of likely N-dealkylation sites (N-methyl/N-ethyl adjacent to an activating group) is 1. The quantitative estimate of drug-likeness (QED) is 0.146. The third-order valence-electron chi connectivity index (χ3n) is 6.34. The number of rotatable bonds is 7. The lowest BCUT2D eigenvalue weighted by Crippen LogP contribution is -2.23. The van der Waals surface area contributed by atoms with Crippen LogP contribution in [0.15, 0.2) is 94.8 Å². The van der Waals surface area contributed by atoms with Crippen molar-refractivity contribution in [1.29, 1.82) is 0 Å². The second-order valence-electron chi connectivity index (χ2n) is 8.76. The van der Waals surface area contributed by atoms with E-state index < -0.39 is 4.92 Å². The van der Waals surface area contributed by atoms with E-state index in [1.807, 2.05) is 66.7 Å². The molecule has 1 aliphatic heterocycles. The second kappa shape index (κ2) is 10.9. The lowest BCUT2D eigenvalue weighted by Gasteiger charge is -2.13. The van der Waals surface area contributed by atoms with Crippen LogP contribution in [0.1, 0.15) is 23.6 Å². The number of aryl methyl sites for hydroxylation is 1. The number of hydrogen-bond donors (Lipinski definition) is 0. The summed E-state index contributed by atoms with van der Waals surface area (Å²) in [6, 6.07) is 26.0. The third-order valence-corrected chi connectivity index (χ3v) is 7.40. The van der Waals surface area contributed by atoms with Crippen LogP contribution in [-0.4, -0.2) is 27.9 Å². The van der Waals surface area contributed by atoms with E-state index in [0.717, 1.165) is 39.6 Å². The molecule has 1 fully saturated rings. The lowest BCUT2D eigenvalue weighted by atomic mass is 10.0. The highest BCUT2D eigenvalue weighted by atomic mass is 32.2. The molecular weight excluding hydrogens is 498 g/mol. The number of nitrogens with zero attached hydrogens (tertiary/aromatic N) is 3. The van der Waals surface area contributed by atoms with Crippen molar-refractivity contribution in [2.45, 2.75) is 20.0 Å². The van der Waals surface area contributed by atoms with Gasteiger partial charge in [0.05, 0.1) is 15.5 Å². The minimum atomic E-state index is -0.427. The van der Waals surface area contributed by atoms with E-state index in [9.17, 15) is 14.9 Å². The Morgan fingerprint density at radius 3 is 2.50 bits per heavy atom. The van der Waals surface area contributed by atoms with Crippen molar-refractivity contribution >= 4 is 51.1 Å². The van der Waals surface area contributed by atoms with Gasteiger partial charge in [-0.3, -0.25) is 19.8 Å². The minimum Gasteiger partial charge on any atom is -0.488 e. The van der Waals surface area contributed by atoms with E-state index in [4.69, 9.17) is 9.73 Å². The first-order valence-electron chi connectivity index (χ1n) is 12.2. The fourth-order valence-electron chi connectivity index (χ4n) is 4.23. The number of carbonyl (C=O) groups excluding carboxylic acids is 1. The van der Waals surface area contributed by atoms with E-state index >= 15 is 0 Å². The van der Waals surface area contributed by atoms with Crippen LogP contribution in [0.2, 0.25) is 0 Å². The van der Waals surface area contributed by atoms with Crippen LogP contribution in [0.5, 0.6) is 5.75 Å². The average molecular weight is 524 g/mol. The van der Waals surface area contributed by atoms with Crippen molar-refractivity contribution in [2.75, 3.05) is 7.05 Å². The van der Waals surface area contributed by atoms with Gasteiger partial charge in [0.25, 0.3) is 11.6 Å². The number of amides is 1. The van der Waals surface area contributed by atoms with Gasteiger partial charge in [-0.15, -0.1) is 0 Å². The van der Waals surface area contributed by atoms with Gasteiger partial charge < -0.3 is 4.74 Å². The van der Waals surface area contributed by atoms with Crippen LogP contribution in [-0.2, 0) is 17.8 Å². The van der Waals surface area contributed by atoms with E-state index in [-0.39, 0.29) is 18.2 Å². The van der Waals surface area contributed by atoms with E-state index in [0.29, 0.717) is 15.8 Å². The van der Waals surface area contributed by atoms with Crippen LogP contribution in [0, 0.1) is 10.1 Å². The molecule has 1 amide bonds. The van der Waals surface area contributed by atoms with Gasteiger partial charge in [0.15, 0.2) is 5.17 Å². The molecule has 5 rings (SSSR count). The van der Waals surface area contributed by atoms with E-state index in [2.05, 4.69) is 6.92 Å². The fraction of sp³-hybridized carbons (Fsp3) is 0.133. The standard InChI is InChI=1S/C30H25N3O4S/c1-3-21-8-5-7-11-26(21)31-30-32(2)29(34)28(38-30)18-25-24-10-6-4-9-22(24)14-17-27(25)37-19-20-12-15-23(16-13-20)33(35)36/h4-18H,3,19H2,1-2H3/b28-18+,31-30?. The number of aliphatic imine (C=N–C) groups is 1. The summed E-state index contributed by atoms with van der Waals surface area (Å²) < 4.78 is 6.18. The molecule has 1 aliphatic rings. The molecule has 0 N–H and O–H groups in total. The van der Waals surface area contributed by atoms with Gasteiger partial charge in [0.2, 0.25) is 0 Å². The topological polar surface area (TPSA) is 85.0 Å². The van der Waals surface area contributed by atoms with Crippen LogP contribution < -0.4 is 4.74 Å². The van der Waals surface area contributed by atoms with Crippen molar-refractivity contribution in [3.63, 3.8) is 0 Å². The van der Waals surface area contributed by atoms with E-state index in [1.165, 1.54) is 23.9 Å². The van der Waals surface area contributed by atoms with Crippen LogP contribution in [0.4, 0.5) is 11.4 Å². The van der Waals surface area contributed by atoms with E-state index in [1.54, 1.807) is 24.1 Å². The number of nitro groups is 1. The predicted molar refractivity (Wildman–Crippen MR) is 153 cm³/mol.